The van der Waals surface area contributed by atoms with Crippen LogP contribution in [0.3, 0.4) is 0 Å². The van der Waals surface area contributed by atoms with Crippen LogP contribution in [0.2, 0.25) is 0 Å². The van der Waals surface area contributed by atoms with Crippen LogP contribution in [0.25, 0.3) is 0 Å². The lowest BCUT2D eigenvalue weighted by atomic mass is 9.74. The minimum atomic E-state index is -0.861. The van der Waals surface area contributed by atoms with Gasteiger partial charge in [0, 0.05) is 19.0 Å². The number of nitrogens with one attached hydrogen (secondary N) is 2. The molecule has 0 unspecified atom stereocenters. The molecular formula is C12H24N2O3. The molecule has 0 aliphatic heterocycles. The summed E-state index contributed by atoms with van der Waals surface area (Å²) in [6.07, 6.45) is 1.14. The summed E-state index contributed by atoms with van der Waals surface area (Å²) in [6, 6.07) is 0. The molecule has 0 aromatic rings. The Morgan fingerprint density at radius 2 is 1.71 bits per heavy atom. The maximum absolute atomic E-state index is 11.2. The predicted molar refractivity (Wildman–Crippen MR) is 66.8 cm³/mol. The summed E-state index contributed by atoms with van der Waals surface area (Å²) < 4.78 is 0. The molecule has 0 aromatic heterocycles. The average Bonchev–Trinajstić information content (AvgIpc) is 2.23. The summed E-state index contributed by atoms with van der Waals surface area (Å²) in [7, 11) is 1.60. The molecule has 0 saturated heterocycles. The first-order valence-corrected chi connectivity index (χ1v) is 5.84. The number of rotatable bonds is 7. The number of hydrogen-bond acceptors (Lipinski definition) is 3. The van der Waals surface area contributed by atoms with Crippen molar-refractivity contribution < 1.29 is 14.7 Å². The van der Waals surface area contributed by atoms with Crippen molar-refractivity contribution in [3.63, 3.8) is 0 Å². The number of carbonyl (C=O) groups excluding carboxylic acids is 1. The van der Waals surface area contributed by atoms with Crippen LogP contribution in [0.15, 0.2) is 0 Å². The highest BCUT2D eigenvalue weighted by molar-refractivity contribution is 5.76. The number of carboxylic acids is 1. The Morgan fingerprint density at radius 1 is 1.18 bits per heavy atom. The standard InChI is InChI=1S/C12H24N2O3/c1-11(2,10(16)17)12(3,4)14-8-6-7-9(15)13-5/h14H,6-8H2,1-5H3,(H,13,15)(H,16,17). The topological polar surface area (TPSA) is 78.4 Å². The van der Waals surface area contributed by atoms with Gasteiger partial charge in [-0.25, -0.2) is 0 Å². The van der Waals surface area contributed by atoms with Crippen LogP contribution in [0.1, 0.15) is 40.5 Å². The molecule has 0 aliphatic rings. The van der Waals surface area contributed by atoms with Crippen molar-refractivity contribution in [3.05, 3.63) is 0 Å². The molecule has 0 heterocycles. The molecule has 17 heavy (non-hydrogen) atoms. The van der Waals surface area contributed by atoms with Crippen molar-refractivity contribution in [1.82, 2.24) is 10.6 Å². The van der Waals surface area contributed by atoms with Gasteiger partial charge in [0.15, 0.2) is 0 Å². The van der Waals surface area contributed by atoms with Crippen LogP contribution >= 0.6 is 0 Å². The van der Waals surface area contributed by atoms with Crippen LogP contribution < -0.4 is 10.6 Å². The number of carboxylic acid groups (broad SMARTS) is 1. The average molecular weight is 244 g/mol. The van der Waals surface area contributed by atoms with E-state index >= 15 is 0 Å². The summed E-state index contributed by atoms with van der Waals surface area (Å²) >= 11 is 0. The molecule has 0 rings (SSSR count). The highest BCUT2D eigenvalue weighted by Gasteiger charge is 2.42. The van der Waals surface area contributed by atoms with E-state index in [0.717, 1.165) is 0 Å². The fourth-order valence-electron chi connectivity index (χ4n) is 1.26. The molecule has 5 heteroatoms. The Labute approximate surface area is 103 Å². The van der Waals surface area contributed by atoms with Crippen LogP contribution in [-0.2, 0) is 9.59 Å². The molecule has 0 bridgehead atoms. The van der Waals surface area contributed by atoms with Crippen molar-refractivity contribution >= 4 is 11.9 Å². The van der Waals surface area contributed by atoms with E-state index in [-0.39, 0.29) is 5.91 Å². The molecule has 0 aromatic carbocycles. The van der Waals surface area contributed by atoms with Gasteiger partial charge < -0.3 is 15.7 Å². The second kappa shape index (κ2) is 6.00. The lowest BCUT2D eigenvalue weighted by molar-refractivity contribution is -0.151. The molecule has 5 nitrogen and oxygen atoms in total. The molecule has 0 radical (unpaired) electrons. The number of carbonyl (C=O) groups is 2. The van der Waals surface area contributed by atoms with Crippen LogP contribution in [-0.4, -0.2) is 36.1 Å². The Morgan fingerprint density at radius 3 is 2.12 bits per heavy atom. The van der Waals surface area contributed by atoms with Crippen LogP contribution in [0.4, 0.5) is 0 Å². The molecule has 3 N–H and O–H groups in total. The van der Waals surface area contributed by atoms with E-state index in [0.29, 0.717) is 19.4 Å². The summed E-state index contributed by atoms with van der Waals surface area (Å²) in [4.78, 5) is 22.2. The van der Waals surface area contributed by atoms with E-state index in [1.54, 1.807) is 20.9 Å². The van der Waals surface area contributed by atoms with Crippen molar-refractivity contribution in [1.29, 1.82) is 0 Å². The molecular weight excluding hydrogens is 220 g/mol. The fraction of sp³-hybridized carbons (Fsp3) is 0.833. The first kappa shape index (κ1) is 15.9. The van der Waals surface area contributed by atoms with Crippen molar-refractivity contribution in [2.24, 2.45) is 5.41 Å². The quantitative estimate of drug-likeness (QED) is 0.584. The molecule has 0 spiro atoms. The second-order valence-electron chi connectivity index (χ2n) is 5.26. The van der Waals surface area contributed by atoms with Crippen LogP contribution in [0, 0.1) is 5.41 Å². The van der Waals surface area contributed by atoms with Gasteiger partial charge in [-0.05, 0) is 40.7 Å². The SMILES string of the molecule is CNC(=O)CCCNC(C)(C)C(C)(C)C(=O)O. The van der Waals surface area contributed by atoms with E-state index in [1.807, 2.05) is 13.8 Å². The Balaban J connectivity index is 4.19. The highest BCUT2D eigenvalue weighted by atomic mass is 16.4. The minimum Gasteiger partial charge on any atom is -0.481 e. The smallest absolute Gasteiger partial charge is 0.310 e. The predicted octanol–water partition coefficient (Wildman–Crippen LogP) is 0.992. The monoisotopic (exact) mass is 244 g/mol. The summed E-state index contributed by atoms with van der Waals surface area (Å²) in [5.74, 6) is -0.830. The summed E-state index contributed by atoms with van der Waals surface area (Å²) in [5.41, 5.74) is -1.39. The zero-order valence-corrected chi connectivity index (χ0v) is 11.4. The minimum absolute atomic E-state index is 0.00195. The van der Waals surface area contributed by atoms with Gasteiger partial charge in [0.1, 0.15) is 0 Å². The van der Waals surface area contributed by atoms with Gasteiger partial charge in [0.05, 0.1) is 5.41 Å². The first-order chi connectivity index (χ1) is 7.65. The number of hydrogen-bond donors (Lipinski definition) is 3. The Hall–Kier alpha value is -1.10. The summed E-state index contributed by atoms with van der Waals surface area (Å²) in [6.45, 7) is 7.74. The third-order valence-electron chi connectivity index (χ3n) is 3.52. The van der Waals surface area contributed by atoms with E-state index in [1.165, 1.54) is 0 Å². The maximum atomic E-state index is 11.2. The third-order valence-corrected chi connectivity index (χ3v) is 3.52. The number of aliphatic carboxylic acids is 1. The molecule has 0 saturated carbocycles. The summed E-state index contributed by atoms with van der Waals surface area (Å²) in [5, 5.41) is 14.9. The van der Waals surface area contributed by atoms with Gasteiger partial charge in [-0.3, -0.25) is 9.59 Å². The van der Waals surface area contributed by atoms with Crippen molar-refractivity contribution in [3.8, 4) is 0 Å². The van der Waals surface area contributed by atoms with E-state index in [9.17, 15) is 9.59 Å². The second-order valence-corrected chi connectivity index (χ2v) is 5.26. The zero-order chi connectivity index (χ0) is 13.7. The lowest BCUT2D eigenvalue weighted by Crippen LogP contribution is -2.55. The van der Waals surface area contributed by atoms with Crippen molar-refractivity contribution in [2.75, 3.05) is 13.6 Å². The highest BCUT2D eigenvalue weighted by Crippen LogP contribution is 2.30. The first-order valence-electron chi connectivity index (χ1n) is 5.84. The van der Waals surface area contributed by atoms with Gasteiger partial charge in [-0.15, -0.1) is 0 Å². The molecule has 0 fully saturated rings. The Kier molecular flexibility index (Phi) is 5.61. The molecule has 0 aliphatic carbocycles. The van der Waals surface area contributed by atoms with E-state index in [2.05, 4.69) is 10.6 Å². The van der Waals surface area contributed by atoms with Gasteiger partial charge in [-0.1, -0.05) is 0 Å². The van der Waals surface area contributed by atoms with E-state index < -0.39 is 16.9 Å². The van der Waals surface area contributed by atoms with Gasteiger partial charge in [-0.2, -0.15) is 0 Å². The van der Waals surface area contributed by atoms with Gasteiger partial charge in [0.25, 0.3) is 0 Å². The third kappa shape index (κ3) is 4.34. The number of amides is 1. The lowest BCUT2D eigenvalue weighted by Gasteiger charge is -2.39. The van der Waals surface area contributed by atoms with Gasteiger partial charge >= 0.3 is 5.97 Å². The largest absolute Gasteiger partial charge is 0.481 e. The van der Waals surface area contributed by atoms with Crippen molar-refractivity contribution in [2.45, 2.75) is 46.1 Å². The Bertz CT molecular complexity index is 285. The van der Waals surface area contributed by atoms with Gasteiger partial charge in [0.2, 0.25) is 5.91 Å². The zero-order valence-electron chi connectivity index (χ0n) is 11.4. The molecule has 100 valence electrons. The molecule has 0 atom stereocenters. The van der Waals surface area contributed by atoms with E-state index in [4.69, 9.17) is 5.11 Å². The fourth-order valence-corrected chi connectivity index (χ4v) is 1.26. The molecule has 1 amide bonds. The maximum Gasteiger partial charge on any atom is 0.310 e. The van der Waals surface area contributed by atoms with Crippen LogP contribution in [0.5, 0.6) is 0 Å². The normalized spacial score (nSPS) is 12.3.